The van der Waals surface area contributed by atoms with Gasteiger partial charge in [0, 0.05) is 29.4 Å². The predicted octanol–water partition coefficient (Wildman–Crippen LogP) is 4.96. The summed E-state index contributed by atoms with van der Waals surface area (Å²) >= 11 is 0. The molecule has 142 valence electrons. The average Bonchev–Trinajstić information content (AvgIpc) is 2.70. The number of likely N-dealkylation sites (tertiary alicyclic amines) is 1. The summed E-state index contributed by atoms with van der Waals surface area (Å²) in [6, 6.07) is 13.3. The Morgan fingerprint density at radius 2 is 1.74 bits per heavy atom. The van der Waals surface area contributed by atoms with Crippen molar-refractivity contribution in [1.29, 1.82) is 0 Å². The van der Waals surface area contributed by atoms with E-state index in [2.05, 4.69) is 12.2 Å². The van der Waals surface area contributed by atoms with Crippen LogP contribution in [0, 0.1) is 13.8 Å². The van der Waals surface area contributed by atoms with Gasteiger partial charge in [-0.25, -0.2) is 0 Å². The lowest BCUT2D eigenvalue weighted by molar-refractivity contribution is 0.0607. The van der Waals surface area contributed by atoms with Crippen molar-refractivity contribution in [1.82, 2.24) is 4.90 Å². The Bertz CT molecular complexity index is 827. The van der Waals surface area contributed by atoms with Gasteiger partial charge in [0.25, 0.3) is 11.8 Å². The zero-order valence-electron chi connectivity index (χ0n) is 16.4. The van der Waals surface area contributed by atoms with Crippen molar-refractivity contribution >= 4 is 17.5 Å². The molecule has 0 saturated carbocycles. The van der Waals surface area contributed by atoms with E-state index in [0.29, 0.717) is 17.2 Å². The van der Waals surface area contributed by atoms with Crippen LogP contribution >= 0.6 is 0 Å². The number of aryl methyl sites for hydroxylation is 2. The lowest BCUT2D eigenvalue weighted by atomic mass is 9.98. The normalized spacial score (nSPS) is 16.9. The van der Waals surface area contributed by atoms with E-state index in [1.807, 2.05) is 36.9 Å². The van der Waals surface area contributed by atoms with E-state index in [9.17, 15) is 9.59 Å². The third-order valence-electron chi connectivity index (χ3n) is 5.39. The monoisotopic (exact) mass is 364 g/mol. The van der Waals surface area contributed by atoms with Gasteiger partial charge in [0.15, 0.2) is 0 Å². The number of rotatable bonds is 4. The SMILES string of the molecule is CCC1CCCCN1C(=O)c1ccc(C(=O)Nc2cc(C)ccc2C)cc1. The molecule has 1 heterocycles. The van der Waals surface area contributed by atoms with E-state index in [1.165, 1.54) is 6.42 Å². The Hall–Kier alpha value is -2.62. The van der Waals surface area contributed by atoms with Crippen LogP contribution in [0.2, 0.25) is 0 Å². The van der Waals surface area contributed by atoms with Crippen molar-refractivity contribution in [2.24, 2.45) is 0 Å². The van der Waals surface area contributed by atoms with Gasteiger partial charge in [-0.2, -0.15) is 0 Å². The summed E-state index contributed by atoms with van der Waals surface area (Å²) in [4.78, 5) is 27.4. The standard InChI is InChI=1S/C23H28N2O2/c1-4-20-7-5-6-14-25(20)23(27)19-12-10-18(11-13-19)22(26)24-21-15-16(2)8-9-17(21)3/h8-13,15,20H,4-7,14H2,1-3H3,(H,24,26). The molecule has 0 spiro atoms. The first kappa shape index (κ1) is 19.2. The number of nitrogens with zero attached hydrogens (tertiary/aromatic N) is 1. The lowest BCUT2D eigenvalue weighted by Gasteiger charge is -2.35. The van der Waals surface area contributed by atoms with Crippen molar-refractivity contribution in [3.05, 3.63) is 64.7 Å². The molecule has 1 N–H and O–H groups in total. The average molecular weight is 364 g/mol. The Morgan fingerprint density at radius 3 is 2.44 bits per heavy atom. The van der Waals surface area contributed by atoms with Crippen molar-refractivity contribution in [2.45, 2.75) is 52.5 Å². The molecule has 1 saturated heterocycles. The second-order valence-electron chi connectivity index (χ2n) is 7.41. The number of nitrogens with one attached hydrogen (secondary N) is 1. The highest BCUT2D eigenvalue weighted by Gasteiger charge is 2.26. The maximum absolute atomic E-state index is 12.8. The molecular formula is C23H28N2O2. The van der Waals surface area contributed by atoms with Crippen molar-refractivity contribution in [3.8, 4) is 0 Å². The first-order valence-electron chi connectivity index (χ1n) is 9.79. The molecule has 0 bridgehead atoms. The second-order valence-corrected chi connectivity index (χ2v) is 7.41. The highest BCUT2D eigenvalue weighted by molar-refractivity contribution is 6.05. The lowest BCUT2D eigenvalue weighted by Crippen LogP contribution is -2.43. The van der Waals surface area contributed by atoms with E-state index in [4.69, 9.17) is 0 Å². The van der Waals surface area contributed by atoms with Crippen LogP contribution in [0.4, 0.5) is 5.69 Å². The van der Waals surface area contributed by atoms with Crippen LogP contribution in [0.3, 0.4) is 0 Å². The zero-order chi connectivity index (χ0) is 19.4. The first-order valence-corrected chi connectivity index (χ1v) is 9.79. The molecule has 1 atom stereocenters. The number of anilines is 1. The summed E-state index contributed by atoms with van der Waals surface area (Å²) in [5.74, 6) is -0.0878. The molecule has 1 unspecified atom stereocenters. The Morgan fingerprint density at radius 1 is 1.04 bits per heavy atom. The van der Waals surface area contributed by atoms with Gasteiger partial charge in [-0.3, -0.25) is 9.59 Å². The maximum atomic E-state index is 12.8. The molecular weight excluding hydrogens is 336 g/mol. The minimum absolute atomic E-state index is 0.0723. The van der Waals surface area contributed by atoms with Crippen LogP contribution in [0.5, 0.6) is 0 Å². The fraction of sp³-hybridized carbons (Fsp3) is 0.391. The fourth-order valence-electron chi connectivity index (χ4n) is 3.69. The summed E-state index contributed by atoms with van der Waals surface area (Å²) in [6.45, 7) is 6.93. The molecule has 2 aromatic carbocycles. The molecule has 1 aliphatic heterocycles. The molecule has 2 aromatic rings. The number of carbonyl (C=O) groups is 2. The number of piperidine rings is 1. The summed E-state index contributed by atoms with van der Waals surface area (Å²) in [7, 11) is 0. The number of benzene rings is 2. The van der Waals surface area contributed by atoms with Gasteiger partial charge in [0.1, 0.15) is 0 Å². The van der Waals surface area contributed by atoms with Crippen LogP contribution in [0.15, 0.2) is 42.5 Å². The van der Waals surface area contributed by atoms with Crippen LogP contribution in [0.1, 0.15) is 64.4 Å². The van der Waals surface area contributed by atoms with Gasteiger partial charge >= 0.3 is 0 Å². The van der Waals surface area contributed by atoms with Gasteiger partial charge in [0.05, 0.1) is 0 Å². The third kappa shape index (κ3) is 4.38. The zero-order valence-corrected chi connectivity index (χ0v) is 16.4. The largest absolute Gasteiger partial charge is 0.336 e. The molecule has 0 aromatic heterocycles. The number of hydrogen-bond donors (Lipinski definition) is 1. The van der Waals surface area contributed by atoms with Crippen LogP contribution in [0.25, 0.3) is 0 Å². The Kier molecular flexibility index (Phi) is 5.94. The van der Waals surface area contributed by atoms with E-state index in [-0.39, 0.29) is 11.8 Å². The summed E-state index contributed by atoms with van der Waals surface area (Å²) in [5, 5.41) is 2.96. The van der Waals surface area contributed by atoms with E-state index in [0.717, 1.165) is 42.6 Å². The van der Waals surface area contributed by atoms with Gasteiger partial charge in [-0.1, -0.05) is 19.1 Å². The Balaban J connectivity index is 1.71. The number of amides is 2. The van der Waals surface area contributed by atoms with Crippen LogP contribution in [-0.2, 0) is 0 Å². The highest BCUT2D eigenvalue weighted by Crippen LogP contribution is 2.22. The smallest absolute Gasteiger partial charge is 0.255 e. The minimum Gasteiger partial charge on any atom is -0.336 e. The summed E-state index contributed by atoms with van der Waals surface area (Å²) in [5.41, 5.74) is 4.15. The molecule has 2 amide bonds. The minimum atomic E-state index is -0.160. The number of hydrogen-bond acceptors (Lipinski definition) is 2. The van der Waals surface area contributed by atoms with Gasteiger partial charge in [-0.15, -0.1) is 0 Å². The summed E-state index contributed by atoms with van der Waals surface area (Å²) < 4.78 is 0. The van der Waals surface area contributed by atoms with E-state index < -0.39 is 0 Å². The molecule has 4 nitrogen and oxygen atoms in total. The van der Waals surface area contributed by atoms with E-state index >= 15 is 0 Å². The second kappa shape index (κ2) is 8.38. The topological polar surface area (TPSA) is 49.4 Å². The predicted molar refractivity (Wildman–Crippen MR) is 109 cm³/mol. The summed E-state index contributed by atoms with van der Waals surface area (Å²) in [6.07, 6.45) is 4.33. The maximum Gasteiger partial charge on any atom is 0.255 e. The fourth-order valence-corrected chi connectivity index (χ4v) is 3.69. The molecule has 0 aliphatic carbocycles. The molecule has 0 radical (unpaired) electrons. The Labute approximate surface area is 161 Å². The van der Waals surface area contributed by atoms with Crippen LogP contribution in [-0.4, -0.2) is 29.3 Å². The van der Waals surface area contributed by atoms with Gasteiger partial charge < -0.3 is 10.2 Å². The molecule has 1 fully saturated rings. The van der Waals surface area contributed by atoms with Crippen molar-refractivity contribution < 1.29 is 9.59 Å². The number of carbonyl (C=O) groups excluding carboxylic acids is 2. The van der Waals surface area contributed by atoms with Crippen molar-refractivity contribution in [2.75, 3.05) is 11.9 Å². The molecule has 3 rings (SSSR count). The van der Waals surface area contributed by atoms with Gasteiger partial charge in [0.2, 0.25) is 0 Å². The third-order valence-corrected chi connectivity index (χ3v) is 5.39. The quantitative estimate of drug-likeness (QED) is 0.833. The first-order chi connectivity index (χ1) is 13.0. The van der Waals surface area contributed by atoms with Crippen molar-refractivity contribution in [3.63, 3.8) is 0 Å². The van der Waals surface area contributed by atoms with E-state index in [1.54, 1.807) is 24.3 Å². The molecule has 1 aliphatic rings. The van der Waals surface area contributed by atoms with Gasteiger partial charge in [-0.05, 0) is 81.0 Å². The molecule has 27 heavy (non-hydrogen) atoms. The highest BCUT2D eigenvalue weighted by atomic mass is 16.2. The molecule has 4 heteroatoms. The van der Waals surface area contributed by atoms with Crippen LogP contribution < -0.4 is 5.32 Å².